The van der Waals surface area contributed by atoms with Crippen LogP contribution in [0.15, 0.2) is 24.5 Å². The minimum absolute atomic E-state index is 0. The fourth-order valence-corrected chi connectivity index (χ4v) is 2.36. The monoisotopic (exact) mass is 362 g/mol. The van der Waals surface area contributed by atoms with Gasteiger partial charge in [-0.15, -0.1) is 24.8 Å². The van der Waals surface area contributed by atoms with Crippen LogP contribution in [-0.4, -0.2) is 36.4 Å². The molecule has 1 aliphatic heterocycles. The molecule has 1 fully saturated rings. The van der Waals surface area contributed by atoms with Crippen molar-refractivity contribution in [1.29, 1.82) is 0 Å². The van der Waals surface area contributed by atoms with Gasteiger partial charge >= 0.3 is 0 Å². The number of nitrogens with one attached hydrogen (secondary N) is 3. The van der Waals surface area contributed by atoms with Gasteiger partial charge in [0.2, 0.25) is 11.8 Å². The van der Waals surface area contributed by atoms with Crippen LogP contribution in [0, 0.1) is 5.92 Å². The Balaban J connectivity index is 0.00000242. The molecular weight excluding hydrogens is 339 g/mol. The van der Waals surface area contributed by atoms with E-state index < -0.39 is 0 Å². The van der Waals surface area contributed by atoms with Gasteiger partial charge in [0.1, 0.15) is 0 Å². The normalized spacial score (nSPS) is 15.9. The molecule has 1 aliphatic rings. The van der Waals surface area contributed by atoms with E-state index in [0.29, 0.717) is 24.6 Å². The molecule has 0 bridgehead atoms. The summed E-state index contributed by atoms with van der Waals surface area (Å²) in [6.07, 6.45) is 6.12. The number of carbonyl (C=O) groups excluding carboxylic acids is 2. The van der Waals surface area contributed by atoms with Crippen LogP contribution in [0.2, 0.25) is 0 Å². The standard InChI is InChI=1S/C15H22N4O2.2ClH/c20-14(4-3-12-5-8-17-10-12)18-9-6-15(21)19-13-2-1-7-16-11-13;;/h1-2,7,11-12,17H,3-6,8-10H2,(H,18,20)(H,19,21);2*1H. The molecule has 2 amide bonds. The molecule has 1 aromatic rings. The first kappa shape index (κ1) is 21.6. The SMILES string of the molecule is Cl.Cl.O=C(CCC1CCNC1)NCCC(=O)Nc1cccnc1. The van der Waals surface area contributed by atoms with Gasteiger partial charge in [0.25, 0.3) is 0 Å². The van der Waals surface area contributed by atoms with E-state index >= 15 is 0 Å². The van der Waals surface area contributed by atoms with E-state index in [1.807, 2.05) is 0 Å². The van der Waals surface area contributed by atoms with E-state index in [4.69, 9.17) is 0 Å². The van der Waals surface area contributed by atoms with Gasteiger partial charge in [-0.2, -0.15) is 0 Å². The fraction of sp³-hybridized carbons (Fsp3) is 0.533. The smallest absolute Gasteiger partial charge is 0.226 e. The molecule has 1 unspecified atom stereocenters. The van der Waals surface area contributed by atoms with Crippen molar-refractivity contribution in [2.75, 3.05) is 25.0 Å². The van der Waals surface area contributed by atoms with Crippen LogP contribution in [0.4, 0.5) is 5.69 Å². The molecule has 23 heavy (non-hydrogen) atoms. The molecule has 6 nitrogen and oxygen atoms in total. The average Bonchev–Trinajstić information content (AvgIpc) is 2.99. The van der Waals surface area contributed by atoms with E-state index in [1.54, 1.807) is 24.5 Å². The molecule has 0 aromatic carbocycles. The van der Waals surface area contributed by atoms with E-state index in [9.17, 15) is 9.59 Å². The van der Waals surface area contributed by atoms with Crippen molar-refractivity contribution in [3.63, 3.8) is 0 Å². The Labute approximate surface area is 149 Å². The van der Waals surface area contributed by atoms with Crippen LogP contribution in [0.25, 0.3) is 0 Å². The Hall–Kier alpha value is -1.37. The third kappa shape index (κ3) is 8.74. The van der Waals surface area contributed by atoms with Crippen LogP contribution >= 0.6 is 24.8 Å². The number of anilines is 1. The molecule has 8 heteroatoms. The maximum atomic E-state index is 11.7. The summed E-state index contributed by atoms with van der Waals surface area (Å²) in [5, 5.41) is 8.81. The maximum Gasteiger partial charge on any atom is 0.226 e. The van der Waals surface area contributed by atoms with Gasteiger partial charge in [-0.1, -0.05) is 0 Å². The van der Waals surface area contributed by atoms with Gasteiger partial charge < -0.3 is 16.0 Å². The summed E-state index contributed by atoms with van der Waals surface area (Å²) in [4.78, 5) is 27.2. The van der Waals surface area contributed by atoms with E-state index in [1.165, 1.54) is 0 Å². The Bertz CT molecular complexity index is 468. The fourth-order valence-electron chi connectivity index (χ4n) is 2.36. The Morgan fingerprint density at radius 1 is 1.26 bits per heavy atom. The molecule has 0 radical (unpaired) electrons. The molecule has 0 aliphatic carbocycles. The average molecular weight is 363 g/mol. The predicted molar refractivity (Wildman–Crippen MR) is 95.2 cm³/mol. The van der Waals surface area contributed by atoms with Crippen molar-refractivity contribution in [3.8, 4) is 0 Å². The molecule has 0 saturated carbocycles. The summed E-state index contributed by atoms with van der Waals surface area (Å²) in [7, 11) is 0. The van der Waals surface area contributed by atoms with Gasteiger partial charge in [-0.25, -0.2) is 0 Å². The van der Waals surface area contributed by atoms with E-state index in [2.05, 4.69) is 20.9 Å². The second-order valence-corrected chi connectivity index (χ2v) is 5.29. The molecule has 1 aromatic heterocycles. The highest BCUT2D eigenvalue weighted by Crippen LogP contribution is 2.13. The third-order valence-corrected chi connectivity index (χ3v) is 3.56. The van der Waals surface area contributed by atoms with Crippen molar-refractivity contribution in [3.05, 3.63) is 24.5 Å². The van der Waals surface area contributed by atoms with Crippen molar-refractivity contribution in [1.82, 2.24) is 15.6 Å². The highest BCUT2D eigenvalue weighted by Gasteiger charge is 2.15. The molecule has 130 valence electrons. The summed E-state index contributed by atoms with van der Waals surface area (Å²) in [6.45, 7) is 2.44. The lowest BCUT2D eigenvalue weighted by molar-refractivity contribution is -0.121. The van der Waals surface area contributed by atoms with Gasteiger partial charge in [-0.05, 0) is 44.0 Å². The number of hydrogen-bond donors (Lipinski definition) is 3. The van der Waals surface area contributed by atoms with E-state index in [-0.39, 0.29) is 43.0 Å². The lowest BCUT2D eigenvalue weighted by atomic mass is 10.0. The first-order chi connectivity index (χ1) is 10.2. The summed E-state index contributed by atoms with van der Waals surface area (Å²) in [5.74, 6) is 0.518. The first-order valence-electron chi connectivity index (χ1n) is 7.41. The van der Waals surface area contributed by atoms with Crippen LogP contribution < -0.4 is 16.0 Å². The Morgan fingerprint density at radius 3 is 2.74 bits per heavy atom. The lowest BCUT2D eigenvalue weighted by Gasteiger charge is -2.09. The minimum atomic E-state index is -0.122. The summed E-state index contributed by atoms with van der Waals surface area (Å²) in [6, 6.07) is 3.54. The van der Waals surface area contributed by atoms with Gasteiger partial charge in [0, 0.05) is 25.6 Å². The summed E-state index contributed by atoms with van der Waals surface area (Å²) < 4.78 is 0. The number of carbonyl (C=O) groups is 2. The van der Waals surface area contributed by atoms with Crippen molar-refractivity contribution < 1.29 is 9.59 Å². The Kier molecular flexibility index (Phi) is 11.4. The minimum Gasteiger partial charge on any atom is -0.356 e. The molecule has 2 heterocycles. The number of nitrogens with zero attached hydrogens (tertiary/aromatic N) is 1. The number of pyridine rings is 1. The quantitative estimate of drug-likeness (QED) is 0.689. The van der Waals surface area contributed by atoms with Crippen molar-refractivity contribution >= 4 is 42.3 Å². The molecule has 2 rings (SSSR count). The second-order valence-electron chi connectivity index (χ2n) is 5.29. The molecule has 1 saturated heterocycles. The molecule has 1 atom stereocenters. The Morgan fingerprint density at radius 2 is 2.09 bits per heavy atom. The van der Waals surface area contributed by atoms with Gasteiger partial charge in [-0.3, -0.25) is 14.6 Å². The zero-order valence-corrected chi connectivity index (χ0v) is 14.5. The number of amides is 2. The van der Waals surface area contributed by atoms with Crippen LogP contribution in [0.1, 0.15) is 25.7 Å². The molecular formula is C15H24Cl2N4O2. The summed E-state index contributed by atoms with van der Waals surface area (Å²) >= 11 is 0. The number of rotatable bonds is 7. The highest BCUT2D eigenvalue weighted by atomic mass is 35.5. The van der Waals surface area contributed by atoms with Crippen LogP contribution in [0.5, 0.6) is 0 Å². The van der Waals surface area contributed by atoms with E-state index in [0.717, 1.165) is 25.9 Å². The molecule has 0 spiro atoms. The number of halogens is 2. The highest BCUT2D eigenvalue weighted by molar-refractivity contribution is 5.90. The third-order valence-electron chi connectivity index (χ3n) is 3.56. The lowest BCUT2D eigenvalue weighted by Crippen LogP contribution is -2.28. The van der Waals surface area contributed by atoms with Crippen LogP contribution in [0.3, 0.4) is 0 Å². The van der Waals surface area contributed by atoms with Crippen molar-refractivity contribution in [2.45, 2.75) is 25.7 Å². The van der Waals surface area contributed by atoms with Gasteiger partial charge in [0.05, 0.1) is 11.9 Å². The predicted octanol–water partition coefficient (Wildman–Crippen LogP) is 1.76. The second kappa shape index (κ2) is 12.1. The summed E-state index contributed by atoms with van der Waals surface area (Å²) in [5.41, 5.74) is 0.669. The van der Waals surface area contributed by atoms with Crippen molar-refractivity contribution in [2.24, 2.45) is 5.92 Å². The van der Waals surface area contributed by atoms with Gasteiger partial charge in [0.15, 0.2) is 0 Å². The largest absolute Gasteiger partial charge is 0.356 e. The number of aromatic nitrogens is 1. The maximum absolute atomic E-state index is 11.7. The zero-order chi connectivity index (χ0) is 14.9. The number of hydrogen-bond acceptors (Lipinski definition) is 4. The first-order valence-corrected chi connectivity index (χ1v) is 7.41. The molecule has 3 N–H and O–H groups in total. The topological polar surface area (TPSA) is 83.1 Å². The van der Waals surface area contributed by atoms with Crippen LogP contribution in [-0.2, 0) is 9.59 Å². The zero-order valence-electron chi connectivity index (χ0n) is 12.9.